The van der Waals surface area contributed by atoms with Crippen LogP contribution in [-0.2, 0) is 11.3 Å². The highest BCUT2D eigenvalue weighted by Gasteiger charge is 2.22. The molecule has 0 bridgehead atoms. The molecule has 1 fully saturated rings. The van der Waals surface area contributed by atoms with Crippen LogP contribution in [0.5, 0.6) is 5.75 Å². The molecule has 6 nitrogen and oxygen atoms in total. The number of pyridine rings is 1. The molecule has 1 saturated heterocycles. The van der Waals surface area contributed by atoms with E-state index in [-0.39, 0.29) is 5.91 Å². The van der Waals surface area contributed by atoms with Crippen LogP contribution in [-0.4, -0.2) is 56.3 Å². The number of methoxy groups -OCH3 is 1. The molecule has 1 aromatic carbocycles. The van der Waals surface area contributed by atoms with Gasteiger partial charge < -0.3 is 19.3 Å². The number of hydrogen-bond acceptors (Lipinski definition) is 5. The number of benzene rings is 1. The predicted molar refractivity (Wildman–Crippen MR) is 101 cm³/mol. The van der Waals surface area contributed by atoms with E-state index in [9.17, 15) is 4.79 Å². The van der Waals surface area contributed by atoms with Crippen LogP contribution >= 0.6 is 11.6 Å². The molecule has 0 N–H and O–H groups in total. The van der Waals surface area contributed by atoms with E-state index in [2.05, 4.69) is 9.88 Å². The van der Waals surface area contributed by atoms with Crippen molar-refractivity contribution in [2.45, 2.75) is 6.54 Å². The Kier molecular flexibility index (Phi) is 5.96. The van der Waals surface area contributed by atoms with Gasteiger partial charge in [0.25, 0.3) is 5.91 Å². The van der Waals surface area contributed by atoms with Crippen LogP contribution in [0, 0.1) is 0 Å². The molecule has 1 aliphatic rings. The van der Waals surface area contributed by atoms with Crippen molar-refractivity contribution >= 4 is 23.3 Å². The van der Waals surface area contributed by atoms with Crippen LogP contribution in [0.3, 0.4) is 0 Å². The van der Waals surface area contributed by atoms with Crippen molar-refractivity contribution in [2.75, 3.05) is 45.4 Å². The average molecular weight is 376 g/mol. The summed E-state index contributed by atoms with van der Waals surface area (Å²) in [5.74, 6) is 1.31. The fraction of sp³-hybridized carbons (Fsp3) is 0.368. The Morgan fingerprint density at radius 1 is 1.35 bits per heavy atom. The first-order chi connectivity index (χ1) is 12.6. The first-order valence-electron chi connectivity index (χ1n) is 8.45. The lowest BCUT2D eigenvalue weighted by Crippen LogP contribution is -2.38. The van der Waals surface area contributed by atoms with E-state index in [1.807, 2.05) is 12.1 Å². The standard InChI is InChI=1S/C19H22ClN3O3/c1-22(13-14-12-15(20)5-6-17(14)25-2)19(24)16-4-3-7-21-18(16)23-8-10-26-11-9-23/h3-7,12H,8-11,13H2,1-2H3. The third-order valence-electron chi connectivity index (χ3n) is 4.32. The van der Waals surface area contributed by atoms with Gasteiger partial charge in [-0.25, -0.2) is 4.98 Å². The highest BCUT2D eigenvalue weighted by atomic mass is 35.5. The zero-order chi connectivity index (χ0) is 18.5. The van der Waals surface area contributed by atoms with Gasteiger partial charge in [0.2, 0.25) is 0 Å². The Labute approximate surface area is 158 Å². The van der Waals surface area contributed by atoms with Gasteiger partial charge in [0, 0.05) is 43.5 Å². The van der Waals surface area contributed by atoms with Crippen molar-refractivity contribution in [3.8, 4) is 5.75 Å². The number of amides is 1. The van der Waals surface area contributed by atoms with E-state index >= 15 is 0 Å². The average Bonchev–Trinajstić information content (AvgIpc) is 2.68. The largest absolute Gasteiger partial charge is 0.496 e. The van der Waals surface area contributed by atoms with Crippen molar-refractivity contribution in [3.63, 3.8) is 0 Å². The molecule has 0 saturated carbocycles. The maximum Gasteiger partial charge on any atom is 0.257 e. The fourth-order valence-corrected chi connectivity index (χ4v) is 3.19. The van der Waals surface area contributed by atoms with Crippen LogP contribution in [0.4, 0.5) is 5.82 Å². The minimum atomic E-state index is -0.0957. The van der Waals surface area contributed by atoms with Gasteiger partial charge in [0.1, 0.15) is 11.6 Å². The second-order valence-electron chi connectivity index (χ2n) is 6.09. The molecule has 26 heavy (non-hydrogen) atoms. The van der Waals surface area contributed by atoms with Crippen molar-refractivity contribution < 1.29 is 14.3 Å². The maximum absolute atomic E-state index is 13.1. The van der Waals surface area contributed by atoms with Crippen LogP contribution < -0.4 is 9.64 Å². The Bertz CT molecular complexity index is 778. The van der Waals surface area contributed by atoms with E-state index in [4.69, 9.17) is 21.1 Å². The Balaban J connectivity index is 1.82. The van der Waals surface area contributed by atoms with Gasteiger partial charge in [0.15, 0.2) is 0 Å². The molecule has 0 unspecified atom stereocenters. The Hall–Kier alpha value is -2.31. The second-order valence-corrected chi connectivity index (χ2v) is 6.53. The quantitative estimate of drug-likeness (QED) is 0.804. The van der Waals surface area contributed by atoms with E-state index < -0.39 is 0 Å². The number of halogens is 1. The Morgan fingerprint density at radius 2 is 2.12 bits per heavy atom. The lowest BCUT2D eigenvalue weighted by molar-refractivity contribution is 0.0783. The molecule has 0 aliphatic carbocycles. The van der Waals surface area contributed by atoms with Gasteiger partial charge in [-0.1, -0.05) is 11.6 Å². The molecule has 2 heterocycles. The lowest BCUT2D eigenvalue weighted by atomic mass is 10.1. The summed E-state index contributed by atoms with van der Waals surface area (Å²) < 4.78 is 10.8. The first kappa shape index (κ1) is 18.5. The molecular weight excluding hydrogens is 354 g/mol. The number of carbonyl (C=O) groups is 1. The van der Waals surface area contributed by atoms with Gasteiger partial charge >= 0.3 is 0 Å². The molecule has 0 radical (unpaired) electrons. The molecular formula is C19H22ClN3O3. The number of anilines is 1. The van der Waals surface area contributed by atoms with Gasteiger partial charge in [-0.2, -0.15) is 0 Å². The summed E-state index contributed by atoms with van der Waals surface area (Å²) in [4.78, 5) is 21.2. The summed E-state index contributed by atoms with van der Waals surface area (Å²) in [6, 6.07) is 8.98. The van der Waals surface area contributed by atoms with E-state index in [1.165, 1.54) is 0 Å². The zero-order valence-corrected chi connectivity index (χ0v) is 15.7. The van der Waals surface area contributed by atoms with Crippen LogP contribution in [0.25, 0.3) is 0 Å². The highest BCUT2D eigenvalue weighted by Crippen LogP contribution is 2.25. The van der Waals surface area contributed by atoms with E-state index in [1.54, 1.807) is 43.5 Å². The van der Waals surface area contributed by atoms with Gasteiger partial charge in [-0.3, -0.25) is 4.79 Å². The first-order valence-corrected chi connectivity index (χ1v) is 8.83. The highest BCUT2D eigenvalue weighted by molar-refractivity contribution is 6.30. The van der Waals surface area contributed by atoms with Crippen LogP contribution in [0.2, 0.25) is 5.02 Å². The van der Waals surface area contributed by atoms with Crippen molar-refractivity contribution in [3.05, 3.63) is 52.7 Å². The number of carbonyl (C=O) groups excluding carboxylic acids is 1. The number of hydrogen-bond donors (Lipinski definition) is 0. The van der Waals surface area contributed by atoms with Crippen LogP contribution in [0.1, 0.15) is 15.9 Å². The number of morpholine rings is 1. The van der Waals surface area contributed by atoms with Crippen molar-refractivity contribution in [1.29, 1.82) is 0 Å². The molecule has 3 rings (SSSR count). The molecule has 1 amide bonds. The van der Waals surface area contributed by atoms with Crippen LogP contribution in [0.15, 0.2) is 36.5 Å². The zero-order valence-electron chi connectivity index (χ0n) is 14.9. The summed E-state index contributed by atoms with van der Waals surface area (Å²) >= 11 is 6.09. The normalized spacial score (nSPS) is 14.2. The third-order valence-corrected chi connectivity index (χ3v) is 4.56. The molecule has 7 heteroatoms. The number of rotatable bonds is 5. The van der Waals surface area contributed by atoms with Crippen molar-refractivity contribution in [1.82, 2.24) is 9.88 Å². The summed E-state index contributed by atoms with van der Waals surface area (Å²) in [7, 11) is 3.37. The monoisotopic (exact) mass is 375 g/mol. The van der Waals surface area contributed by atoms with Gasteiger partial charge in [-0.15, -0.1) is 0 Å². The van der Waals surface area contributed by atoms with Crippen molar-refractivity contribution in [2.24, 2.45) is 0 Å². The maximum atomic E-state index is 13.1. The smallest absolute Gasteiger partial charge is 0.257 e. The number of nitrogens with zero attached hydrogens (tertiary/aromatic N) is 3. The number of ether oxygens (including phenoxy) is 2. The molecule has 138 valence electrons. The molecule has 2 aromatic rings. The minimum absolute atomic E-state index is 0.0957. The summed E-state index contributed by atoms with van der Waals surface area (Å²) in [6.45, 7) is 3.12. The van der Waals surface area contributed by atoms with E-state index in [0.29, 0.717) is 41.9 Å². The summed E-state index contributed by atoms with van der Waals surface area (Å²) in [6.07, 6.45) is 1.71. The SMILES string of the molecule is COc1ccc(Cl)cc1CN(C)C(=O)c1cccnc1N1CCOCC1. The number of aromatic nitrogens is 1. The topological polar surface area (TPSA) is 54.9 Å². The lowest BCUT2D eigenvalue weighted by Gasteiger charge is -2.30. The Morgan fingerprint density at radius 3 is 2.85 bits per heavy atom. The van der Waals surface area contributed by atoms with Gasteiger partial charge in [-0.05, 0) is 30.3 Å². The molecule has 0 spiro atoms. The second kappa shape index (κ2) is 8.38. The summed E-state index contributed by atoms with van der Waals surface area (Å²) in [5.41, 5.74) is 1.44. The minimum Gasteiger partial charge on any atom is -0.496 e. The van der Waals surface area contributed by atoms with E-state index in [0.717, 1.165) is 18.7 Å². The fourth-order valence-electron chi connectivity index (χ4n) is 2.99. The third kappa shape index (κ3) is 4.08. The van der Waals surface area contributed by atoms with Gasteiger partial charge in [0.05, 0.1) is 25.9 Å². The predicted octanol–water partition coefficient (Wildman–Crippen LogP) is 2.85. The molecule has 1 aliphatic heterocycles. The molecule has 0 atom stereocenters. The summed E-state index contributed by atoms with van der Waals surface area (Å²) in [5, 5.41) is 0.608. The molecule has 1 aromatic heterocycles.